The molecule has 7 nitrogen and oxygen atoms in total. The van der Waals surface area contributed by atoms with Crippen LogP contribution in [0, 0.1) is 16.0 Å². The molecule has 0 spiro atoms. The zero-order valence-corrected chi connectivity index (χ0v) is 11.9. The van der Waals surface area contributed by atoms with Gasteiger partial charge in [0.1, 0.15) is 0 Å². The third-order valence-corrected chi connectivity index (χ3v) is 3.41. The van der Waals surface area contributed by atoms with Crippen molar-refractivity contribution in [1.82, 2.24) is 0 Å². The van der Waals surface area contributed by atoms with Crippen LogP contribution >= 0.6 is 11.6 Å². The number of nitro benzene ring substituents is 1. The number of hydrogen-bond acceptors (Lipinski definition) is 5. The van der Waals surface area contributed by atoms with Gasteiger partial charge in [-0.2, -0.15) is 0 Å². The van der Waals surface area contributed by atoms with Crippen molar-refractivity contribution < 1.29 is 19.6 Å². The number of nitrogens with one attached hydrogen (secondary N) is 1. The van der Waals surface area contributed by atoms with Gasteiger partial charge in [-0.3, -0.25) is 10.1 Å². The molecule has 0 aliphatic heterocycles. The van der Waals surface area contributed by atoms with Crippen LogP contribution in [0.25, 0.3) is 0 Å². The van der Waals surface area contributed by atoms with Crippen LogP contribution in [-0.4, -0.2) is 35.8 Å². The standard InChI is InChI=1S/C13H15ClN2O5/c14-11-6-9(16(19)20)5-10(13(17)18)12(11)15-3-4-21-7-8-1-2-8/h5-6,8,15H,1-4,7H2,(H,17,18). The first-order valence-corrected chi connectivity index (χ1v) is 6.89. The van der Waals surface area contributed by atoms with Crippen LogP contribution in [0.1, 0.15) is 23.2 Å². The minimum atomic E-state index is -1.28. The Morgan fingerprint density at radius 1 is 1.52 bits per heavy atom. The molecule has 0 heterocycles. The molecule has 1 saturated carbocycles. The number of benzene rings is 1. The van der Waals surface area contributed by atoms with Crippen LogP contribution in [0.3, 0.4) is 0 Å². The SMILES string of the molecule is O=C(O)c1cc([N+](=O)[O-])cc(Cl)c1NCCOCC1CC1. The molecule has 1 aliphatic carbocycles. The zero-order chi connectivity index (χ0) is 15.4. The lowest BCUT2D eigenvalue weighted by atomic mass is 10.1. The molecule has 0 radical (unpaired) electrons. The molecule has 0 bridgehead atoms. The van der Waals surface area contributed by atoms with E-state index in [1.807, 2.05) is 0 Å². The van der Waals surface area contributed by atoms with Crippen molar-refractivity contribution in [1.29, 1.82) is 0 Å². The van der Waals surface area contributed by atoms with E-state index in [9.17, 15) is 14.9 Å². The number of nitrogens with zero attached hydrogens (tertiary/aromatic N) is 1. The van der Waals surface area contributed by atoms with Crippen molar-refractivity contribution in [2.24, 2.45) is 5.92 Å². The maximum atomic E-state index is 11.2. The van der Waals surface area contributed by atoms with Crippen LogP contribution in [0.5, 0.6) is 0 Å². The molecular weight excluding hydrogens is 300 g/mol. The van der Waals surface area contributed by atoms with Crippen LogP contribution in [0.15, 0.2) is 12.1 Å². The van der Waals surface area contributed by atoms with Gasteiger partial charge in [-0.05, 0) is 18.8 Å². The van der Waals surface area contributed by atoms with Gasteiger partial charge in [0.15, 0.2) is 0 Å². The highest BCUT2D eigenvalue weighted by Gasteiger charge is 2.21. The van der Waals surface area contributed by atoms with Crippen LogP contribution in [0.4, 0.5) is 11.4 Å². The number of ether oxygens (including phenoxy) is 1. The molecule has 0 aromatic heterocycles. The van der Waals surface area contributed by atoms with E-state index in [2.05, 4.69) is 5.32 Å². The summed E-state index contributed by atoms with van der Waals surface area (Å²) in [5, 5.41) is 22.7. The average molecular weight is 315 g/mol. The van der Waals surface area contributed by atoms with Crippen molar-refractivity contribution in [2.75, 3.05) is 25.1 Å². The molecule has 2 rings (SSSR count). The number of aromatic carboxylic acids is 1. The number of halogens is 1. The molecule has 1 fully saturated rings. The second-order valence-electron chi connectivity index (χ2n) is 4.86. The van der Waals surface area contributed by atoms with E-state index in [-0.39, 0.29) is 22.0 Å². The van der Waals surface area contributed by atoms with Gasteiger partial charge >= 0.3 is 5.97 Å². The number of nitro groups is 1. The molecule has 2 N–H and O–H groups in total. The number of carbonyl (C=O) groups is 1. The summed E-state index contributed by atoms with van der Waals surface area (Å²) < 4.78 is 5.42. The van der Waals surface area contributed by atoms with E-state index in [0.29, 0.717) is 25.7 Å². The lowest BCUT2D eigenvalue weighted by Gasteiger charge is -2.11. The van der Waals surface area contributed by atoms with Gasteiger partial charge in [0.05, 0.1) is 27.8 Å². The third-order valence-electron chi connectivity index (χ3n) is 3.11. The van der Waals surface area contributed by atoms with E-state index < -0.39 is 10.9 Å². The molecule has 0 amide bonds. The molecule has 0 atom stereocenters. The van der Waals surface area contributed by atoms with Gasteiger partial charge in [0.2, 0.25) is 0 Å². The topological polar surface area (TPSA) is 102 Å². The molecule has 0 saturated heterocycles. The van der Waals surface area contributed by atoms with Crippen molar-refractivity contribution in [3.63, 3.8) is 0 Å². The van der Waals surface area contributed by atoms with Gasteiger partial charge in [-0.1, -0.05) is 11.6 Å². The Balaban J connectivity index is 2.02. The summed E-state index contributed by atoms with van der Waals surface area (Å²) in [6, 6.07) is 2.11. The predicted octanol–water partition coefficient (Wildman–Crippen LogP) is 2.78. The fraction of sp³-hybridized carbons (Fsp3) is 0.462. The van der Waals surface area contributed by atoms with Crippen LogP contribution < -0.4 is 5.32 Å². The zero-order valence-electron chi connectivity index (χ0n) is 11.2. The van der Waals surface area contributed by atoms with Gasteiger partial charge in [0, 0.05) is 25.3 Å². The molecule has 0 unspecified atom stereocenters. The van der Waals surface area contributed by atoms with Gasteiger partial charge < -0.3 is 15.2 Å². The number of hydrogen-bond donors (Lipinski definition) is 2. The highest BCUT2D eigenvalue weighted by molar-refractivity contribution is 6.34. The van der Waals surface area contributed by atoms with E-state index in [1.165, 1.54) is 12.8 Å². The molecular formula is C13H15ClN2O5. The molecule has 114 valence electrons. The molecule has 8 heteroatoms. The second-order valence-corrected chi connectivity index (χ2v) is 5.26. The lowest BCUT2D eigenvalue weighted by Crippen LogP contribution is -2.14. The first-order chi connectivity index (χ1) is 9.99. The van der Waals surface area contributed by atoms with E-state index in [1.54, 1.807) is 0 Å². The number of rotatable bonds is 8. The van der Waals surface area contributed by atoms with Crippen LogP contribution in [0.2, 0.25) is 5.02 Å². The smallest absolute Gasteiger partial charge is 0.338 e. The average Bonchev–Trinajstić information content (AvgIpc) is 3.23. The van der Waals surface area contributed by atoms with Gasteiger partial charge in [0.25, 0.3) is 5.69 Å². The minimum absolute atomic E-state index is 0.00351. The van der Waals surface area contributed by atoms with Crippen molar-refractivity contribution in [2.45, 2.75) is 12.8 Å². The highest BCUT2D eigenvalue weighted by atomic mass is 35.5. The molecule has 1 aromatic rings. The normalized spacial score (nSPS) is 14.0. The Kier molecular flexibility index (Phi) is 4.98. The summed E-state index contributed by atoms with van der Waals surface area (Å²) in [6.07, 6.45) is 2.40. The Morgan fingerprint density at radius 3 is 2.81 bits per heavy atom. The van der Waals surface area contributed by atoms with E-state index in [0.717, 1.165) is 12.1 Å². The number of non-ortho nitro benzene ring substituents is 1. The van der Waals surface area contributed by atoms with Crippen molar-refractivity contribution in [3.8, 4) is 0 Å². The predicted molar refractivity (Wildman–Crippen MR) is 77.1 cm³/mol. The minimum Gasteiger partial charge on any atom is -0.478 e. The van der Waals surface area contributed by atoms with E-state index >= 15 is 0 Å². The summed E-state index contributed by atoms with van der Waals surface area (Å²) in [5.41, 5.74) is -0.408. The van der Waals surface area contributed by atoms with Crippen molar-refractivity contribution in [3.05, 3.63) is 32.8 Å². The summed E-state index contributed by atoms with van der Waals surface area (Å²) in [4.78, 5) is 21.2. The largest absolute Gasteiger partial charge is 0.478 e. The third kappa shape index (κ3) is 4.30. The summed E-state index contributed by atoms with van der Waals surface area (Å²) in [5.74, 6) is -0.621. The Morgan fingerprint density at radius 2 is 2.24 bits per heavy atom. The maximum absolute atomic E-state index is 11.2. The summed E-state index contributed by atoms with van der Waals surface area (Å²) in [7, 11) is 0. The van der Waals surface area contributed by atoms with E-state index in [4.69, 9.17) is 21.4 Å². The second kappa shape index (κ2) is 6.73. The Bertz CT molecular complexity index is 560. The molecule has 21 heavy (non-hydrogen) atoms. The number of carboxylic acids is 1. The quantitative estimate of drug-likeness (QED) is 0.434. The first kappa shape index (κ1) is 15.5. The monoisotopic (exact) mass is 314 g/mol. The Hall–Kier alpha value is -1.86. The number of anilines is 1. The summed E-state index contributed by atoms with van der Waals surface area (Å²) in [6.45, 7) is 1.51. The van der Waals surface area contributed by atoms with Crippen molar-refractivity contribution >= 4 is 28.9 Å². The summed E-state index contributed by atoms with van der Waals surface area (Å²) >= 11 is 5.92. The lowest BCUT2D eigenvalue weighted by molar-refractivity contribution is -0.384. The molecule has 1 aliphatic rings. The first-order valence-electron chi connectivity index (χ1n) is 6.52. The fourth-order valence-electron chi connectivity index (χ4n) is 1.83. The fourth-order valence-corrected chi connectivity index (χ4v) is 2.11. The maximum Gasteiger partial charge on any atom is 0.338 e. The van der Waals surface area contributed by atoms with Gasteiger partial charge in [-0.25, -0.2) is 4.79 Å². The Labute approximate surface area is 126 Å². The van der Waals surface area contributed by atoms with Crippen LogP contribution in [-0.2, 0) is 4.74 Å². The molecule has 1 aromatic carbocycles. The number of carboxylic acid groups (broad SMARTS) is 1. The van der Waals surface area contributed by atoms with Gasteiger partial charge in [-0.15, -0.1) is 0 Å². The highest BCUT2D eigenvalue weighted by Crippen LogP contribution is 2.31.